The third-order valence-electron chi connectivity index (χ3n) is 2.83. The Labute approximate surface area is 84.1 Å². The van der Waals surface area contributed by atoms with Crippen molar-refractivity contribution < 1.29 is 0 Å². The smallest absolute Gasteiger partial charge is 0.129 e. The van der Waals surface area contributed by atoms with Crippen molar-refractivity contribution in [1.82, 2.24) is 4.98 Å². The summed E-state index contributed by atoms with van der Waals surface area (Å²) in [5, 5.41) is 0.597. The summed E-state index contributed by atoms with van der Waals surface area (Å²) in [6.07, 6.45) is 8.71. The molecule has 1 fully saturated rings. The molecule has 1 aliphatic carbocycles. The number of nitrogens with zero attached hydrogens (tertiary/aromatic N) is 1. The summed E-state index contributed by atoms with van der Waals surface area (Å²) in [5.41, 5.74) is 1.36. The molecule has 0 radical (unpaired) electrons. The lowest BCUT2D eigenvalue weighted by Gasteiger charge is -2.21. The fourth-order valence-corrected chi connectivity index (χ4v) is 2.18. The van der Waals surface area contributed by atoms with Crippen LogP contribution in [0.5, 0.6) is 0 Å². The van der Waals surface area contributed by atoms with E-state index in [0.29, 0.717) is 5.15 Å². The zero-order valence-electron chi connectivity index (χ0n) is 7.67. The van der Waals surface area contributed by atoms with Gasteiger partial charge in [0.25, 0.3) is 0 Å². The van der Waals surface area contributed by atoms with Crippen molar-refractivity contribution in [1.29, 1.82) is 0 Å². The van der Waals surface area contributed by atoms with Crippen LogP contribution in [0.4, 0.5) is 0 Å². The molecule has 1 heterocycles. The molecule has 0 aromatic carbocycles. The Morgan fingerprint density at radius 2 is 1.92 bits per heavy atom. The summed E-state index contributed by atoms with van der Waals surface area (Å²) < 4.78 is 0. The quantitative estimate of drug-likeness (QED) is 0.622. The maximum atomic E-state index is 5.74. The van der Waals surface area contributed by atoms with Crippen molar-refractivity contribution in [3.05, 3.63) is 29.0 Å². The molecule has 2 heteroatoms. The molecule has 1 aromatic rings. The third-order valence-corrected chi connectivity index (χ3v) is 3.05. The molecular weight excluding hydrogens is 182 g/mol. The molecule has 1 aromatic heterocycles. The number of hydrogen-bond donors (Lipinski definition) is 0. The van der Waals surface area contributed by atoms with E-state index in [1.165, 1.54) is 37.7 Å². The highest BCUT2D eigenvalue weighted by Crippen LogP contribution is 2.32. The van der Waals surface area contributed by atoms with E-state index in [1.807, 2.05) is 12.3 Å². The molecule has 0 aliphatic heterocycles. The fraction of sp³-hybridized carbons (Fsp3) is 0.545. The van der Waals surface area contributed by atoms with Gasteiger partial charge in [0.15, 0.2) is 0 Å². The number of rotatable bonds is 1. The van der Waals surface area contributed by atoms with Gasteiger partial charge in [-0.05, 0) is 30.4 Å². The van der Waals surface area contributed by atoms with E-state index in [9.17, 15) is 0 Å². The van der Waals surface area contributed by atoms with Crippen molar-refractivity contribution in [2.24, 2.45) is 0 Å². The summed E-state index contributed by atoms with van der Waals surface area (Å²) in [6, 6.07) is 4.01. The Balaban J connectivity index is 2.10. The highest BCUT2D eigenvalue weighted by atomic mass is 35.5. The first-order chi connectivity index (χ1) is 6.36. The largest absolute Gasteiger partial charge is 0.244 e. The molecule has 70 valence electrons. The zero-order valence-corrected chi connectivity index (χ0v) is 8.43. The first kappa shape index (κ1) is 9.01. The number of halogens is 1. The lowest BCUT2D eigenvalue weighted by atomic mass is 9.85. The molecule has 1 nitrogen and oxygen atoms in total. The van der Waals surface area contributed by atoms with E-state index in [-0.39, 0.29) is 0 Å². The molecule has 0 unspecified atom stereocenters. The lowest BCUT2D eigenvalue weighted by Crippen LogP contribution is -2.04. The summed E-state index contributed by atoms with van der Waals surface area (Å²) in [4.78, 5) is 4.12. The molecule has 0 saturated heterocycles. The van der Waals surface area contributed by atoms with Crippen LogP contribution in [0.3, 0.4) is 0 Å². The minimum absolute atomic E-state index is 0.597. The third kappa shape index (κ3) is 2.22. The van der Waals surface area contributed by atoms with Gasteiger partial charge in [-0.15, -0.1) is 0 Å². The second-order valence-corrected chi connectivity index (χ2v) is 4.14. The predicted octanol–water partition coefficient (Wildman–Crippen LogP) is 3.78. The van der Waals surface area contributed by atoms with Crippen LogP contribution in [-0.2, 0) is 0 Å². The highest BCUT2D eigenvalue weighted by molar-refractivity contribution is 6.29. The van der Waals surface area contributed by atoms with Crippen LogP contribution in [-0.4, -0.2) is 4.98 Å². The molecule has 0 spiro atoms. The van der Waals surface area contributed by atoms with Crippen molar-refractivity contribution in [2.45, 2.75) is 38.0 Å². The summed E-state index contributed by atoms with van der Waals surface area (Å²) in [5.74, 6) is 0.735. The Bertz CT molecular complexity index is 262. The van der Waals surface area contributed by atoms with Crippen LogP contribution >= 0.6 is 11.6 Å². The SMILES string of the molecule is Clc1ccc(C2CCCCC2)cn1. The van der Waals surface area contributed by atoms with E-state index in [4.69, 9.17) is 11.6 Å². The van der Waals surface area contributed by atoms with Gasteiger partial charge >= 0.3 is 0 Å². The van der Waals surface area contributed by atoms with Gasteiger partial charge in [0.1, 0.15) is 5.15 Å². The molecule has 0 N–H and O–H groups in total. The Morgan fingerprint density at radius 1 is 1.15 bits per heavy atom. The zero-order chi connectivity index (χ0) is 9.10. The summed E-state index contributed by atoms with van der Waals surface area (Å²) >= 11 is 5.74. The summed E-state index contributed by atoms with van der Waals surface area (Å²) in [7, 11) is 0. The predicted molar refractivity (Wildman–Crippen MR) is 55.1 cm³/mol. The van der Waals surface area contributed by atoms with Crippen LogP contribution in [0.25, 0.3) is 0 Å². The van der Waals surface area contributed by atoms with Gasteiger partial charge in [-0.1, -0.05) is 36.9 Å². The van der Waals surface area contributed by atoms with Crippen LogP contribution in [0.2, 0.25) is 5.15 Å². The van der Waals surface area contributed by atoms with E-state index < -0.39 is 0 Å². The summed E-state index contributed by atoms with van der Waals surface area (Å²) in [6.45, 7) is 0. The fourth-order valence-electron chi connectivity index (χ4n) is 2.06. The van der Waals surface area contributed by atoms with Crippen molar-refractivity contribution in [3.8, 4) is 0 Å². The average Bonchev–Trinajstić information content (AvgIpc) is 2.20. The topological polar surface area (TPSA) is 12.9 Å². The van der Waals surface area contributed by atoms with Crippen molar-refractivity contribution in [2.75, 3.05) is 0 Å². The molecule has 0 bridgehead atoms. The first-order valence-corrected chi connectivity index (χ1v) is 5.35. The Morgan fingerprint density at radius 3 is 2.54 bits per heavy atom. The number of pyridine rings is 1. The van der Waals surface area contributed by atoms with Gasteiger partial charge < -0.3 is 0 Å². The van der Waals surface area contributed by atoms with E-state index in [1.54, 1.807) is 0 Å². The minimum Gasteiger partial charge on any atom is -0.244 e. The van der Waals surface area contributed by atoms with Gasteiger partial charge in [0, 0.05) is 6.20 Å². The van der Waals surface area contributed by atoms with E-state index in [2.05, 4.69) is 11.1 Å². The Kier molecular flexibility index (Phi) is 2.84. The average molecular weight is 196 g/mol. The van der Waals surface area contributed by atoms with E-state index in [0.717, 1.165) is 5.92 Å². The van der Waals surface area contributed by atoms with Gasteiger partial charge in [0.2, 0.25) is 0 Å². The second kappa shape index (κ2) is 4.10. The van der Waals surface area contributed by atoms with Gasteiger partial charge in [-0.3, -0.25) is 0 Å². The monoisotopic (exact) mass is 195 g/mol. The van der Waals surface area contributed by atoms with Crippen molar-refractivity contribution >= 4 is 11.6 Å². The maximum absolute atomic E-state index is 5.74. The normalized spacial score (nSPS) is 18.8. The minimum atomic E-state index is 0.597. The molecule has 1 saturated carbocycles. The molecule has 0 amide bonds. The number of hydrogen-bond acceptors (Lipinski definition) is 1. The Hall–Kier alpha value is -0.560. The lowest BCUT2D eigenvalue weighted by molar-refractivity contribution is 0.443. The van der Waals surface area contributed by atoms with Gasteiger partial charge in [-0.2, -0.15) is 0 Å². The van der Waals surface area contributed by atoms with Crippen molar-refractivity contribution in [3.63, 3.8) is 0 Å². The highest BCUT2D eigenvalue weighted by Gasteiger charge is 2.15. The van der Waals surface area contributed by atoms with Crippen LogP contribution in [0.15, 0.2) is 18.3 Å². The van der Waals surface area contributed by atoms with Gasteiger partial charge in [0.05, 0.1) is 0 Å². The van der Waals surface area contributed by atoms with Gasteiger partial charge in [-0.25, -0.2) is 4.98 Å². The van der Waals surface area contributed by atoms with E-state index >= 15 is 0 Å². The molecule has 2 rings (SSSR count). The first-order valence-electron chi connectivity index (χ1n) is 4.98. The molecular formula is C11H14ClN. The molecule has 13 heavy (non-hydrogen) atoms. The molecule has 0 atom stereocenters. The standard InChI is InChI=1S/C11H14ClN/c12-11-7-6-10(8-13-11)9-4-2-1-3-5-9/h6-9H,1-5H2. The maximum Gasteiger partial charge on any atom is 0.129 e. The van der Waals surface area contributed by atoms with Crippen LogP contribution in [0.1, 0.15) is 43.6 Å². The number of aromatic nitrogens is 1. The molecule has 1 aliphatic rings. The second-order valence-electron chi connectivity index (χ2n) is 3.75. The van der Waals surface area contributed by atoms with Crippen LogP contribution in [0, 0.1) is 0 Å². The van der Waals surface area contributed by atoms with Crippen LogP contribution < -0.4 is 0 Å².